The van der Waals surface area contributed by atoms with Crippen molar-refractivity contribution >= 4 is 17.5 Å². The van der Waals surface area contributed by atoms with Gasteiger partial charge in [-0.25, -0.2) is 13.8 Å². The highest BCUT2D eigenvalue weighted by Crippen LogP contribution is 2.12. The zero-order valence-electron chi connectivity index (χ0n) is 9.20. The van der Waals surface area contributed by atoms with E-state index in [2.05, 4.69) is 25.0 Å². The highest BCUT2D eigenvalue weighted by molar-refractivity contribution is 6.28. The average molecular weight is 276 g/mol. The van der Waals surface area contributed by atoms with Crippen molar-refractivity contribution in [3.63, 3.8) is 0 Å². The molecule has 0 N–H and O–H groups in total. The Labute approximate surface area is 105 Å². The highest BCUT2D eigenvalue weighted by Gasteiger charge is 2.14. The molecule has 2 aromatic rings. The van der Waals surface area contributed by atoms with Crippen LogP contribution in [0.5, 0.6) is 0 Å². The van der Waals surface area contributed by atoms with Gasteiger partial charge in [0.1, 0.15) is 12.7 Å². The molecule has 0 atom stereocenters. The molecule has 10 heteroatoms. The molecular formula is C8H8ClF2N7. The first-order valence-electron chi connectivity index (χ1n) is 4.82. The number of anilines is 1. The van der Waals surface area contributed by atoms with Crippen LogP contribution in [0, 0.1) is 0 Å². The molecule has 0 spiro atoms. The van der Waals surface area contributed by atoms with Crippen LogP contribution in [0.1, 0.15) is 0 Å². The summed E-state index contributed by atoms with van der Waals surface area (Å²) in [7, 11) is 1.43. The number of hydrogen-bond acceptors (Lipinski definition) is 6. The molecule has 2 aromatic heterocycles. The zero-order valence-corrected chi connectivity index (χ0v) is 9.96. The van der Waals surface area contributed by atoms with Gasteiger partial charge in [0.2, 0.25) is 11.2 Å². The number of alkyl halides is 2. The quantitative estimate of drug-likeness (QED) is 0.822. The van der Waals surface area contributed by atoms with E-state index in [9.17, 15) is 8.78 Å². The Morgan fingerprint density at radius 1 is 1.39 bits per heavy atom. The molecule has 0 aliphatic carbocycles. The maximum Gasteiger partial charge on any atom is 0.258 e. The molecule has 96 valence electrons. The topological polar surface area (TPSA) is 72.6 Å². The second kappa shape index (κ2) is 5.17. The number of nitrogens with zero attached hydrogens (tertiary/aromatic N) is 7. The second-order valence-electron chi connectivity index (χ2n) is 3.32. The lowest BCUT2D eigenvalue weighted by molar-refractivity contribution is 0.156. The van der Waals surface area contributed by atoms with Crippen molar-refractivity contribution in [3.05, 3.63) is 17.9 Å². The van der Waals surface area contributed by atoms with Crippen LogP contribution in [0.15, 0.2) is 12.7 Å². The molecule has 0 saturated heterocycles. The third kappa shape index (κ3) is 2.86. The average Bonchev–Trinajstić information content (AvgIpc) is 2.80. The Bertz CT molecular complexity index is 518. The van der Waals surface area contributed by atoms with Gasteiger partial charge in [0.25, 0.3) is 12.4 Å². The lowest BCUT2D eigenvalue weighted by atomic mass is 10.6. The molecule has 0 unspecified atom stereocenters. The van der Waals surface area contributed by atoms with Gasteiger partial charge in [0.15, 0.2) is 0 Å². The minimum atomic E-state index is -2.50. The van der Waals surface area contributed by atoms with Crippen LogP contribution >= 0.6 is 11.6 Å². The number of halogens is 3. The molecule has 18 heavy (non-hydrogen) atoms. The molecule has 0 aliphatic rings. The molecule has 2 heterocycles. The van der Waals surface area contributed by atoms with Gasteiger partial charge < -0.3 is 4.90 Å². The zero-order chi connectivity index (χ0) is 13.1. The Balaban J connectivity index is 2.32. The van der Waals surface area contributed by atoms with Gasteiger partial charge in [0.05, 0.1) is 6.54 Å². The van der Waals surface area contributed by atoms with Crippen molar-refractivity contribution in [2.45, 2.75) is 6.43 Å². The van der Waals surface area contributed by atoms with E-state index in [1.54, 1.807) is 0 Å². The minimum Gasteiger partial charge on any atom is -0.338 e. The van der Waals surface area contributed by atoms with Crippen LogP contribution in [-0.4, -0.2) is 49.7 Å². The summed E-state index contributed by atoms with van der Waals surface area (Å²) in [4.78, 5) is 16.5. The van der Waals surface area contributed by atoms with Gasteiger partial charge in [-0.3, -0.25) is 0 Å². The standard InChI is InChI=1S/C8H8ClF2N7/c1-17(2-5(10)11)7-14-6(9)15-8(16-7)18-4-12-3-13-18/h3-5H,2H2,1H3. The van der Waals surface area contributed by atoms with Gasteiger partial charge in [0, 0.05) is 7.05 Å². The first kappa shape index (κ1) is 12.6. The highest BCUT2D eigenvalue weighted by atomic mass is 35.5. The smallest absolute Gasteiger partial charge is 0.258 e. The van der Waals surface area contributed by atoms with Crippen LogP contribution in [0.2, 0.25) is 5.28 Å². The summed E-state index contributed by atoms with van der Waals surface area (Å²) in [5, 5.41) is 3.71. The molecule has 0 bridgehead atoms. The molecule has 0 aromatic carbocycles. The van der Waals surface area contributed by atoms with Crippen molar-refractivity contribution in [3.8, 4) is 5.95 Å². The van der Waals surface area contributed by atoms with Gasteiger partial charge in [-0.2, -0.15) is 24.7 Å². The maximum atomic E-state index is 12.3. The van der Waals surface area contributed by atoms with Crippen molar-refractivity contribution < 1.29 is 8.78 Å². The minimum absolute atomic E-state index is 0.0424. The van der Waals surface area contributed by atoms with Crippen LogP contribution < -0.4 is 4.90 Å². The van der Waals surface area contributed by atoms with Crippen molar-refractivity contribution in [1.82, 2.24) is 29.7 Å². The molecule has 0 radical (unpaired) electrons. The van der Waals surface area contributed by atoms with Gasteiger partial charge in [-0.15, -0.1) is 0 Å². The lowest BCUT2D eigenvalue weighted by Gasteiger charge is -2.16. The summed E-state index contributed by atoms with van der Waals surface area (Å²) in [5.41, 5.74) is 0. The van der Waals surface area contributed by atoms with E-state index in [1.165, 1.54) is 29.3 Å². The first-order valence-corrected chi connectivity index (χ1v) is 5.20. The SMILES string of the molecule is CN(CC(F)F)c1nc(Cl)nc(-n2cncn2)n1. The van der Waals surface area contributed by atoms with Gasteiger partial charge >= 0.3 is 0 Å². The van der Waals surface area contributed by atoms with E-state index < -0.39 is 13.0 Å². The van der Waals surface area contributed by atoms with Crippen molar-refractivity contribution in [2.24, 2.45) is 0 Å². The molecule has 0 fully saturated rings. The Hall–Kier alpha value is -1.90. The van der Waals surface area contributed by atoms with Crippen molar-refractivity contribution in [2.75, 3.05) is 18.5 Å². The van der Waals surface area contributed by atoms with E-state index >= 15 is 0 Å². The molecule has 7 nitrogen and oxygen atoms in total. The van der Waals surface area contributed by atoms with Gasteiger partial charge in [-0.05, 0) is 11.6 Å². The number of hydrogen-bond donors (Lipinski definition) is 0. The number of aromatic nitrogens is 6. The van der Waals surface area contributed by atoms with Crippen LogP contribution in [0.25, 0.3) is 5.95 Å². The lowest BCUT2D eigenvalue weighted by Crippen LogP contribution is -2.26. The summed E-state index contributed by atoms with van der Waals surface area (Å²) in [5.74, 6) is 0.157. The van der Waals surface area contributed by atoms with Crippen LogP contribution in [0.3, 0.4) is 0 Å². The summed E-state index contributed by atoms with van der Waals surface area (Å²) < 4.78 is 25.8. The third-order valence-electron chi connectivity index (χ3n) is 1.96. The molecular weight excluding hydrogens is 268 g/mol. The normalized spacial score (nSPS) is 10.9. The van der Waals surface area contributed by atoms with E-state index in [0.29, 0.717) is 0 Å². The summed E-state index contributed by atoms with van der Waals surface area (Å²) in [6, 6.07) is 0. The molecule has 0 amide bonds. The summed E-state index contributed by atoms with van der Waals surface area (Å²) >= 11 is 5.71. The third-order valence-corrected chi connectivity index (χ3v) is 2.13. The first-order chi connectivity index (χ1) is 8.56. The second-order valence-corrected chi connectivity index (χ2v) is 3.65. The summed E-state index contributed by atoms with van der Waals surface area (Å²) in [6.45, 7) is -0.503. The summed E-state index contributed by atoms with van der Waals surface area (Å²) in [6.07, 6.45) is 0.156. The van der Waals surface area contributed by atoms with E-state index in [4.69, 9.17) is 11.6 Å². The van der Waals surface area contributed by atoms with Crippen LogP contribution in [-0.2, 0) is 0 Å². The Morgan fingerprint density at radius 3 is 2.78 bits per heavy atom. The number of rotatable bonds is 4. The van der Waals surface area contributed by atoms with Gasteiger partial charge in [-0.1, -0.05) is 0 Å². The van der Waals surface area contributed by atoms with Crippen LogP contribution in [0.4, 0.5) is 14.7 Å². The monoisotopic (exact) mass is 275 g/mol. The fourth-order valence-electron chi connectivity index (χ4n) is 1.20. The largest absolute Gasteiger partial charge is 0.338 e. The maximum absolute atomic E-state index is 12.3. The predicted octanol–water partition coefficient (Wildman–Crippen LogP) is 0.807. The fraction of sp³-hybridized carbons (Fsp3) is 0.375. The van der Waals surface area contributed by atoms with E-state index in [0.717, 1.165) is 0 Å². The van der Waals surface area contributed by atoms with E-state index in [-0.39, 0.29) is 17.2 Å². The Morgan fingerprint density at radius 2 is 2.17 bits per heavy atom. The Kier molecular flexibility index (Phi) is 3.60. The molecule has 0 saturated carbocycles. The fourth-order valence-corrected chi connectivity index (χ4v) is 1.35. The van der Waals surface area contributed by atoms with Crippen molar-refractivity contribution in [1.29, 1.82) is 0 Å². The predicted molar refractivity (Wildman–Crippen MR) is 59.0 cm³/mol. The molecule has 0 aliphatic heterocycles. The molecule has 2 rings (SSSR count). The van der Waals surface area contributed by atoms with E-state index in [1.807, 2.05) is 0 Å².